The second-order valence-electron chi connectivity index (χ2n) is 6.26. The Labute approximate surface area is 150 Å². The van der Waals surface area contributed by atoms with Gasteiger partial charge in [0.25, 0.3) is 5.91 Å². The van der Waals surface area contributed by atoms with Gasteiger partial charge in [0.15, 0.2) is 5.82 Å². The van der Waals surface area contributed by atoms with Crippen molar-refractivity contribution >= 4 is 17.4 Å². The van der Waals surface area contributed by atoms with Crippen LogP contribution in [0.25, 0.3) is 11.3 Å². The van der Waals surface area contributed by atoms with Gasteiger partial charge in [0, 0.05) is 22.9 Å². The molecule has 1 aromatic heterocycles. The maximum Gasteiger partial charge on any atom is 0.251 e. The highest BCUT2D eigenvalue weighted by Gasteiger charge is 2.23. The molecule has 0 saturated heterocycles. The van der Waals surface area contributed by atoms with Crippen molar-refractivity contribution in [3.63, 3.8) is 0 Å². The summed E-state index contributed by atoms with van der Waals surface area (Å²) in [6, 6.07) is 17.3. The Morgan fingerprint density at radius 2 is 1.81 bits per heavy atom. The third-order valence-electron chi connectivity index (χ3n) is 4.11. The van der Waals surface area contributed by atoms with Gasteiger partial charge in [-0.25, -0.2) is 4.39 Å². The molecule has 0 unspecified atom stereocenters. The Bertz CT molecular complexity index is 921. The van der Waals surface area contributed by atoms with Crippen LogP contribution in [0, 0.1) is 5.82 Å². The molecule has 3 aromatic rings. The molecule has 0 atom stereocenters. The molecular formula is C20H17FN4O. The van der Waals surface area contributed by atoms with Crippen LogP contribution in [0.5, 0.6) is 0 Å². The van der Waals surface area contributed by atoms with Crippen LogP contribution in [0.2, 0.25) is 0 Å². The Morgan fingerprint density at radius 1 is 1.00 bits per heavy atom. The van der Waals surface area contributed by atoms with Gasteiger partial charge in [-0.1, -0.05) is 6.07 Å². The minimum absolute atomic E-state index is 0.0612. The van der Waals surface area contributed by atoms with Crippen molar-refractivity contribution in [2.75, 3.05) is 5.32 Å². The van der Waals surface area contributed by atoms with Crippen molar-refractivity contribution in [3.05, 3.63) is 72.0 Å². The second-order valence-corrected chi connectivity index (χ2v) is 6.26. The van der Waals surface area contributed by atoms with Crippen molar-refractivity contribution in [2.45, 2.75) is 18.9 Å². The van der Waals surface area contributed by atoms with Crippen molar-refractivity contribution < 1.29 is 9.18 Å². The molecule has 2 aromatic carbocycles. The van der Waals surface area contributed by atoms with E-state index in [1.54, 1.807) is 30.3 Å². The topological polar surface area (TPSA) is 66.9 Å². The van der Waals surface area contributed by atoms with Crippen LogP contribution in [0.3, 0.4) is 0 Å². The number of carbonyl (C=O) groups is 1. The van der Waals surface area contributed by atoms with Gasteiger partial charge in [-0.15, -0.1) is 10.2 Å². The van der Waals surface area contributed by atoms with Gasteiger partial charge in [0.1, 0.15) is 5.82 Å². The van der Waals surface area contributed by atoms with E-state index in [4.69, 9.17) is 0 Å². The SMILES string of the molecule is O=C(NC1CC1)c1cccc(Nc2ccc(-c3ccc(F)cc3)nn2)c1. The fourth-order valence-corrected chi connectivity index (χ4v) is 2.56. The lowest BCUT2D eigenvalue weighted by Gasteiger charge is -2.08. The maximum absolute atomic E-state index is 13.0. The molecule has 1 saturated carbocycles. The number of aromatic nitrogens is 2. The number of rotatable bonds is 5. The molecule has 1 heterocycles. The van der Waals surface area contributed by atoms with Gasteiger partial charge in [0.05, 0.1) is 5.69 Å². The van der Waals surface area contributed by atoms with E-state index in [9.17, 15) is 9.18 Å². The number of hydrogen-bond acceptors (Lipinski definition) is 4. The lowest BCUT2D eigenvalue weighted by Crippen LogP contribution is -2.25. The first kappa shape index (κ1) is 16.2. The predicted molar refractivity (Wildman–Crippen MR) is 97.6 cm³/mol. The molecule has 1 aliphatic carbocycles. The number of hydrogen-bond donors (Lipinski definition) is 2. The van der Waals surface area contributed by atoms with E-state index in [2.05, 4.69) is 20.8 Å². The maximum atomic E-state index is 13.0. The first-order valence-electron chi connectivity index (χ1n) is 8.45. The third kappa shape index (κ3) is 3.85. The molecule has 1 amide bonds. The standard InChI is InChI=1S/C20H17FN4O/c21-15-6-4-13(5-7-15)18-10-11-19(25-24-18)22-17-3-1-2-14(12-17)20(26)23-16-8-9-16/h1-7,10-12,16H,8-9H2,(H,22,25)(H,23,26). The number of nitrogens with one attached hydrogen (secondary N) is 2. The Balaban J connectivity index is 1.47. The normalized spacial score (nSPS) is 13.3. The summed E-state index contributed by atoms with van der Waals surface area (Å²) in [4.78, 5) is 12.1. The van der Waals surface area contributed by atoms with Crippen molar-refractivity contribution in [1.29, 1.82) is 0 Å². The largest absolute Gasteiger partial charge is 0.349 e. The van der Waals surface area contributed by atoms with Crippen LogP contribution in [-0.4, -0.2) is 22.1 Å². The van der Waals surface area contributed by atoms with Crippen LogP contribution in [-0.2, 0) is 0 Å². The molecule has 1 fully saturated rings. The first-order chi connectivity index (χ1) is 12.7. The molecule has 6 heteroatoms. The number of anilines is 2. The smallest absolute Gasteiger partial charge is 0.251 e. The Kier molecular flexibility index (Phi) is 4.31. The summed E-state index contributed by atoms with van der Waals surface area (Å²) in [5, 5.41) is 14.4. The third-order valence-corrected chi connectivity index (χ3v) is 4.11. The summed E-state index contributed by atoms with van der Waals surface area (Å²) >= 11 is 0. The molecule has 2 N–H and O–H groups in total. The number of nitrogens with zero attached hydrogens (tertiary/aromatic N) is 2. The molecule has 26 heavy (non-hydrogen) atoms. The summed E-state index contributed by atoms with van der Waals surface area (Å²) in [7, 11) is 0. The summed E-state index contributed by atoms with van der Waals surface area (Å²) in [6.07, 6.45) is 2.11. The zero-order valence-electron chi connectivity index (χ0n) is 13.9. The fraction of sp³-hybridized carbons (Fsp3) is 0.150. The Morgan fingerprint density at radius 3 is 2.50 bits per heavy atom. The van der Waals surface area contributed by atoms with Crippen LogP contribution in [0.15, 0.2) is 60.7 Å². The highest BCUT2D eigenvalue weighted by atomic mass is 19.1. The van der Waals surface area contributed by atoms with Crippen LogP contribution >= 0.6 is 0 Å². The Hall–Kier alpha value is -3.28. The summed E-state index contributed by atoms with van der Waals surface area (Å²) in [6.45, 7) is 0. The average molecular weight is 348 g/mol. The lowest BCUT2D eigenvalue weighted by molar-refractivity contribution is 0.0951. The number of benzene rings is 2. The monoisotopic (exact) mass is 348 g/mol. The van der Waals surface area contributed by atoms with Crippen LogP contribution in [0.4, 0.5) is 15.9 Å². The van der Waals surface area contributed by atoms with E-state index in [-0.39, 0.29) is 11.7 Å². The highest BCUT2D eigenvalue weighted by molar-refractivity contribution is 5.95. The molecule has 0 spiro atoms. The van der Waals surface area contributed by atoms with E-state index in [0.29, 0.717) is 23.1 Å². The molecule has 5 nitrogen and oxygen atoms in total. The zero-order chi connectivity index (χ0) is 17.9. The molecular weight excluding hydrogens is 331 g/mol. The van der Waals surface area contributed by atoms with E-state index in [1.807, 2.05) is 18.2 Å². The second kappa shape index (κ2) is 6.92. The average Bonchev–Trinajstić information content (AvgIpc) is 3.47. The molecule has 0 bridgehead atoms. The summed E-state index contributed by atoms with van der Waals surface area (Å²) in [5.41, 5.74) is 2.83. The van der Waals surface area contributed by atoms with Crippen molar-refractivity contribution in [1.82, 2.24) is 15.5 Å². The van der Waals surface area contributed by atoms with Crippen molar-refractivity contribution in [3.8, 4) is 11.3 Å². The van der Waals surface area contributed by atoms with Gasteiger partial charge < -0.3 is 10.6 Å². The predicted octanol–water partition coefficient (Wildman–Crippen LogP) is 3.92. The molecule has 4 rings (SSSR count). The number of halogens is 1. The lowest BCUT2D eigenvalue weighted by atomic mass is 10.1. The van der Waals surface area contributed by atoms with Crippen LogP contribution < -0.4 is 10.6 Å². The quantitative estimate of drug-likeness (QED) is 0.733. The van der Waals surface area contributed by atoms with E-state index >= 15 is 0 Å². The number of amides is 1. The molecule has 1 aliphatic rings. The molecule has 0 aliphatic heterocycles. The highest BCUT2D eigenvalue weighted by Crippen LogP contribution is 2.22. The van der Waals surface area contributed by atoms with Gasteiger partial charge in [-0.3, -0.25) is 4.79 Å². The van der Waals surface area contributed by atoms with Crippen LogP contribution in [0.1, 0.15) is 23.2 Å². The van der Waals surface area contributed by atoms with E-state index < -0.39 is 0 Å². The molecule has 130 valence electrons. The first-order valence-corrected chi connectivity index (χ1v) is 8.45. The van der Waals surface area contributed by atoms with Crippen molar-refractivity contribution in [2.24, 2.45) is 0 Å². The van der Waals surface area contributed by atoms with Gasteiger partial charge in [-0.05, 0) is 67.4 Å². The minimum atomic E-state index is -0.286. The summed E-state index contributed by atoms with van der Waals surface area (Å²) in [5.74, 6) is 0.218. The van der Waals surface area contributed by atoms with Gasteiger partial charge >= 0.3 is 0 Å². The zero-order valence-corrected chi connectivity index (χ0v) is 13.9. The van der Waals surface area contributed by atoms with Gasteiger partial charge in [0.2, 0.25) is 0 Å². The van der Waals surface area contributed by atoms with E-state index in [1.165, 1.54) is 12.1 Å². The van der Waals surface area contributed by atoms with Gasteiger partial charge in [-0.2, -0.15) is 0 Å². The van der Waals surface area contributed by atoms with E-state index in [0.717, 1.165) is 24.1 Å². The molecule has 0 radical (unpaired) electrons. The minimum Gasteiger partial charge on any atom is -0.349 e. The fourth-order valence-electron chi connectivity index (χ4n) is 2.56. The summed E-state index contributed by atoms with van der Waals surface area (Å²) < 4.78 is 13.0. The number of carbonyl (C=O) groups excluding carboxylic acids is 1.